The Morgan fingerprint density at radius 1 is 0.323 bits per heavy atom. The molecule has 300 valence electrons. The number of thiophene rings is 1. The minimum Gasteiger partial charge on any atom is -0.341 e. The Morgan fingerprint density at radius 2 is 0.646 bits per heavy atom. The summed E-state index contributed by atoms with van der Waals surface area (Å²) < 4.78 is 2.84. The van der Waals surface area contributed by atoms with Crippen LogP contribution in [-0.4, -0.2) is 27.5 Å². The van der Waals surface area contributed by atoms with Crippen LogP contribution >= 0.6 is 11.3 Å². The van der Waals surface area contributed by atoms with Gasteiger partial charge in [-0.1, -0.05) is 109 Å². The topological polar surface area (TPSA) is 19.4 Å². The predicted molar refractivity (Wildman–Crippen MR) is 277 cm³/mol. The molecule has 17 rings (SSSR count). The SMILES string of the molecule is CN1c2ccccc2N2c3cccc4c3B(c3cc5ccccc5c1c32)c1sc2c3c1N4c1ccccc1N3c1cccc3c1B2c1cc2ccccc2c2c1N3c1ccccc1N2C. The van der Waals surface area contributed by atoms with Crippen molar-refractivity contribution in [3.8, 4) is 0 Å². The van der Waals surface area contributed by atoms with E-state index in [4.69, 9.17) is 0 Å². The lowest BCUT2D eigenvalue weighted by Crippen LogP contribution is -2.61. The lowest BCUT2D eigenvalue weighted by Gasteiger charge is -2.50. The van der Waals surface area contributed by atoms with Gasteiger partial charge in [-0.25, -0.2) is 0 Å². The second-order valence-electron chi connectivity index (χ2n) is 18.5. The summed E-state index contributed by atoms with van der Waals surface area (Å²) in [4.78, 5) is 15.4. The maximum Gasteiger partial charge on any atom is 0.264 e. The second kappa shape index (κ2) is 11.3. The molecular formula is C56H34B2N6S. The molecule has 0 atom stereocenters. The quantitative estimate of drug-likeness (QED) is 0.141. The zero-order chi connectivity index (χ0) is 42.1. The molecule has 0 fully saturated rings. The number of hydrogen-bond acceptors (Lipinski definition) is 7. The number of fused-ring (bicyclic) bond motifs is 19. The van der Waals surface area contributed by atoms with Gasteiger partial charge in [-0.05, 0) is 93.3 Å². The standard InChI is InChI=1S/C56H34B2N6S/c1-59-37-19-7-9-21-39(37)61-43-25-13-27-45-47(43)57(35-29-31-15-3-5-17-33(31)49(59)51(35)61)55-53-54-56(65-55)58-36-30-32-16-4-6-18-34(32)50-52(36)62(40-22-10-8-20-38(40)60(50)2)44-26-14-28-46(48(44)58)64(54)42-24-12-11-23-41(42)63(45)53/h3-30H,1-2H3. The zero-order valence-electron chi connectivity index (χ0n) is 35.4. The summed E-state index contributed by atoms with van der Waals surface area (Å²) in [7, 11) is 4.52. The van der Waals surface area contributed by atoms with Crippen molar-refractivity contribution < 1.29 is 0 Å². The van der Waals surface area contributed by atoms with Crippen LogP contribution in [0.3, 0.4) is 0 Å². The Morgan fingerprint density at radius 3 is 1.06 bits per heavy atom. The number of benzene rings is 9. The van der Waals surface area contributed by atoms with Crippen LogP contribution in [0.4, 0.5) is 91.0 Å². The molecule has 0 spiro atoms. The van der Waals surface area contributed by atoms with Crippen LogP contribution in [-0.2, 0) is 0 Å². The van der Waals surface area contributed by atoms with Crippen molar-refractivity contribution in [2.24, 2.45) is 0 Å². The molecule has 9 heteroatoms. The van der Waals surface area contributed by atoms with Gasteiger partial charge in [-0.15, -0.1) is 0 Å². The third kappa shape index (κ3) is 3.69. The molecule has 10 aromatic rings. The van der Waals surface area contributed by atoms with Crippen molar-refractivity contribution in [2.45, 2.75) is 0 Å². The molecule has 65 heavy (non-hydrogen) atoms. The van der Waals surface area contributed by atoms with E-state index < -0.39 is 0 Å². The van der Waals surface area contributed by atoms with Crippen molar-refractivity contribution in [3.63, 3.8) is 0 Å². The summed E-state index contributed by atoms with van der Waals surface area (Å²) in [6.07, 6.45) is 0. The minimum atomic E-state index is 0.0228. The summed E-state index contributed by atoms with van der Waals surface area (Å²) in [6.45, 7) is 0.0456. The fourth-order valence-corrected chi connectivity index (χ4v) is 14.8. The second-order valence-corrected chi connectivity index (χ2v) is 19.6. The smallest absolute Gasteiger partial charge is 0.264 e. The minimum absolute atomic E-state index is 0.0228. The van der Waals surface area contributed by atoms with Gasteiger partial charge in [0, 0.05) is 57.2 Å². The first kappa shape index (κ1) is 33.7. The van der Waals surface area contributed by atoms with Crippen LogP contribution < -0.4 is 60.8 Å². The third-order valence-corrected chi connectivity index (χ3v) is 17.0. The Kier molecular flexibility index (Phi) is 5.83. The average molecular weight is 845 g/mol. The normalized spacial score (nSPS) is 15.3. The van der Waals surface area contributed by atoms with Crippen LogP contribution in [0.15, 0.2) is 170 Å². The van der Waals surface area contributed by atoms with Gasteiger partial charge in [-0.3, -0.25) is 0 Å². The predicted octanol–water partition coefficient (Wildman–Crippen LogP) is 10.7. The van der Waals surface area contributed by atoms with E-state index in [0.29, 0.717) is 0 Å². The van der Waals surface area contributed by atoms with Gasteiger partial charge in [0.05, 0.1) is 68.2 Å². The highest BCUT2D eigenvalue weighted by molar-refractivity contribution is 7.39. The van der Waals surface area contributed by atoms with Crippen LogP contribution in [0, 0.1) is 0 Å². The van der Waals surface area contributed by atoms with E-state index in [1.54, 1.807) is 0 Å². The van der Waals surface area contributed by atoms with E-state index in [9.17, 15) is 0 Å². The van der Waals surface area contributed by atoms with Gasteiger partial charge in [0.1, 0.15) is 0 Å². The number of rotatable bonds is 0. The van der Waals surface area contributed by atoms with Crippen LogP contribution in [0.25, 0.3) is 21.5 Å². The van der Waals surface area contributed by atoms with Crippen LogP contribution in [0.1, 0.15) is 0 Å². The van der Waals surface area contributed by atoms with Gasteiger partial charge >= 0.3 is 0 Å². The molecule has 0 bridgehead atoms. The van der Waals surface area contributed by atoms with E-state index in [-0.39, 0.29) is 13.4 Å². The summed E-state index contributed by atoms with van der Waals surface area (Å²) in [6, 6.07) is 64.3. The first-order valence-electron chi connectivity index (χ1n) is 22.6. The fraction of sp³-hybridized carbons (Fsp3) is 0.0357. The molecule has 6 nitrogen and oxygen atoms in total. The first-order valence-corrected chi connectivity index (χ1v) is 23.5. The van der Waals surface area contributed by atoms with E-state index in [0.717, 1.165) is 0 Å². The fourth-order valence-electron chi connectivity index (χ4n) is 13.3. The van der Waals surface area contributed by atoms with E-state index in [1.807, 2.05) is 0 Å². The maximum atomic E-state index is 2.64. The summed E-state index contributed by atoms with van der Waals surface area (Å²) in [5, 5.41) is 5.10. The van der Waals surface area contributed by atoms with Gasteiger partial charge in [0.2, 0.25) is 0 Å². The van der Waals surface area contributed by atoms with Gasteiger partial charge in [0.25, 0.3) is 13.4 Å². The molecule has 7 aliphatic rings. The zero-order valence-corrected chi connectivity index (χ0v) is 36.2. The van der Waals surface area contributed by atoms with Crippen LogP contribution in [0.5, 0.6) is 0 Å². The van der Waals surface area contributed by atoms with Crippen molar-refractivity contribution >= 4 is 169 Å². The van der Waals surface area contributed by atoms with Crippen molar-refractivity contribution in [1.82, 2.24) is 0 Å². The van der Waals surface area contributed by atoms with Crippen molar-refractivity contribution in [1.29, 1.82) is 0 Å². The van der Waals surface area contributed by atoms with Crippen LogP contribution in [0.2, 0.25) is 0 Å². The molecule has 0 aliphatic carbocycles. The molecule has 0 saturated heterocycles. The molecule has 9 aromatic carbocycles. The van der Waals surface area contributed by atoms with Crippen molar-refractivity contribution in [3.05, 3.63) is 170 Å². The number of para-hydroxylation sites is 6. The molecule has 0 unspecified atom stereocenters. The number of hydrogen-bond donors (Lipinski definition) is 0. The van der Waals surface area contributed by atoms with E-state index in [1.165, 1.54) is 144 Å². The number of anilines is 16. The molecule has 0 saturated carbocycles. The molecule has 0 N–H and O–H groups in total. The third-order valence-electron chi connectivity index (χ3n) is 15.7. The lowest BCUT2D eigenvalue weighted by molar-refractivity contribution is 1.13. The molecule has 0 amide bonds. The Hall–Kier alpha value is -7.87. The van der Waals surface area contributed by atoms with Crippen molar-refractivity contribution in [2.75, 3.05) is 43.5 Å². The Labute approximate surface area is 380 Å². The Bertz CT molecular complexity index is 3670. The molecule has 0 radical (unpaired) electrons. The summed E-state index contributed by atoms with van der Waals surface area (Å²) in [5.41, 5.74) is 25.6. The largest absolute Gasteiger partial charge is 0.341 e. The first-order chi connectivity index (χ1) is 32.2. The van der Waals surface area contributed by atoms with Gasteiger partial charge in [-0.2, -0.15) is 11.3 Å². The molecule has 7 aliphatic heterocycles. The Balaban J connectivity index is 1.02. The highest BCUT2D eigenvalue weighted by Gasteiger charge is 2.55. The lowest BCUT2D eigenvalue weighted by atomic mass is 9.34. The molecule has 8 heterocycles. The monoisotopic (exact) mass is 844 g/mol. The molecule has 1 aromatic heterocycles. The number of nitrogens with zero attached hydrogens (tertiary/aromatic N) is 6. The van der Waals surface area contributed by atoms with Gasteiger partial charge < -0.3 is 29.4 Å². The van der Waals surface area contributed by atoms with Gasteiger partial charge in [0.15, 0.2) is 0 Å². The summed E-state index contributed by atoms with van der Waals surface area (Å²) >= 11 is 2.06. The highest BCUT2D eigenvalue weighted by Crippen LogP contribution is 2.61. The average Bonchev–Trinajstić information content (AvgIpc) is 3.75. The summed E-state index contributed by atoms with van der Waals surface area (Å²) in [5.74, 6) is 0. The molecular weight excluding hydrogens is 810 g/mol. The maximum absolute atomic E-state index is 2.64. The van der Waals surface area contributed by atoms with E-state index >= 15 is 0 Å². The highest BCUT2D eigenvalue weighted by atomic mass is 32.1. The van der Waals surface area contributed by atoms with E-state index in [2.05, 4.69) is 225 Å².